The minimum atomic E-state index is -1.08. The van der Waals surface area contributed by atoms with Crippen molar-refractivity contribution >= 4 is 17.8 Å². The van der Waals surface area contributed by atoms with E-state index in [0.717, 1.165) is 12.1 Å². The molecule has 9 heteroatoms. The van der Waals surface area contributed by atoms with Gasteiger partial charge in [-0.25, -0.2) is 8.78 Å². The van der Waals surface area contributed by atoms with E-state index in [-0.39, 0.29) is 30.2 Å². The average Bonchev–Trinajstić information content (AvgIpc) is 2.87. The maximum atomic E-state index is 13.3. The number of halogens is 2. The van der Waals surface area contributed by atoms with Crippen molar-refractivity contribution in [1.29, 1.82) is 0 Å². The lowest BCUT2D eigenvalue weighted by Crippen LogP contribution is -2.44. The van der Waals surface area contributed by atoms with Gasteiger partial charge in [0.2, 0.25) is 5.91 Å². The summed E-state index contributed by atoms with van der Waals surface area (Å²) < 4.78 is 31.7. The second-order valence-electron chi connectivity index (χ2n) is 6.79. The van der Waals surface area contributed by atoms with Crippen LogP contribution in [0.3, 0.4) is 0 Å². The van der Waals surface area contributed by atoms with E-state index >= 15 is 0 Å². The van der Waals surface area contributed by atoms with Gasteiger partial charge in [0, 0.05) is 32.1 Å². The third-order valence-electron chi connectivity index (χ3n) is 4.71. The van der Waals surface area contributed by atoms with Gasteiger partial charge in [-0.3, -0.25) is 14.4 Å². The summed E-state index contributed by atoms with van der Waals surface area (Å²) in [7, 11) is 0. The lowest BCUT2D eigenvalue weighted by atomic mass is 10.1. The highest BCUT2D eigenvalue weighted by Gasteiger charge is 2.29. The molecule has 0 aliphatic carbocycles. The van der Waals surface area contributed by atoms with E-state index in [1.807, 2.05) is 0 Å². The molecule has 1 aromatic carbocycles. The number of carboxylic acid groups (broad SMARTS) is 1. The number of rotatable bonds is 6. The Morgan fingerprint density at radius 2 is 1.96 bits per heavy atom. The van der Waals surface area contributed by atoms with Crippen molar-refractivity contribution in [2.75, 3.05) is 19.6 Å². The Balaban J connectivity index is 1.98. The summed E-state index contributed by atoms with van der Waals surface area (Å²) in [6.07, 6.45) is 0.757. The van der Waals surface area contributed by atoms with E-state index in [4.69, 9.17) is 9.84 Å². The standard InChI is InChI=1S/C19H24F2N2O5/c1-12(28-15-5-6-16(20)17(21)10-15)19(27)22-8-3-4-14(7-9-22)23(13(2)24)11-18(25)26/h5-6,10,12,14H,3-4,7-9,11H2,1-2H3,(H,25,26). The Bertz CT molecular complexity index is 743. The molecule has 1 aromatic rings. The van der Waals surface area contributed by atoms with Gasteiger partial charge in [0.15, 0.2) is 17.7 Å². The fourth-order valence-electron chi connectivity index (χ4n) is 3.32. The fraction of sp³-hybridized carbons (Fsp3) is 0.526. The van der Waals surface area contributed by atoms with Crippen molar-refractivity contribution in [2.45, 2.75) is 45.3 Å². The van der Waals surface area contributed by atoms with Crippen LogP contribution in [0.4, 0.5) is 8.78 Å². The smallest absolute Gasteiger partial charge is 0.323 e. The highest BCUT2D eigenvalue weighted by Crippen LogP contribution is 2.20. The molecule has 0 saturated carbocycles. The third-order valence-corrected chi connectivity index (χ3v) is 4.71. The van der Waals surface area contributed by atoms with Crippen molar-refractivity contribution in [2.24, 2.45) is 0 Å². The number of carbonyl (C=O) groups is 3. The number of carbonyl (C=O) groups excluding carboxylic acids is 2. The molecule has 1 heterocycles. The predicted molar refractivity (Wildman–Crippen MR) is 95.7 cm³/mol. The highest BCUT2D eigenvalue weighted by molar-refractivity contribution is 5.81. The molecule has 2 amide bonds. The maximum absolute atomic E-state index is 13.3. The molecule has 2 atom stereocenters. The first kappa shape index (κ1) is 21.6. The fourth-order valence-corrected chi connectivity index (χ4v) is 3.32. The van der Waals surface area contributed by atoms with E-state index in [0.29, 0.717) is 32.4 Å². The second kappa shape index (κ2) is 9.48. The molecule has 1 aliphatic rings. The maximum Gasteiger partial charge on any atom is 0.323 e. The van der Waals surface area contributed by atoms with Crippen LogP contribution in [0.25, 0.3) is 0 Å². The number of hydrogen-bond acceptors (Lipinski definition) is 4. The third kappa shape index (κ3) is 5.64. The van der Waals surface area contributed by atoms with Crippen LogP contribution < -0.4 is 4.74 Å². The van der Waals surface area contributed by atoms with Crippen LogP contribution in [0, 0.1) is 11.6 Å². The van der Waals surface area contributed by atoms with E-state index in [1.165, 1.54) is 24.8 Å². The molecule has 1 fully saturated rings. The van der Waals surface area contributed by atoms with E-state index in [2.05, 4.69) is 0 Å². The summed E-state index contributed by atoms with van der Waals surface area (Å²) in [4.78, 5) is 38.3. The van der Waals surface area contributed by atoms with Crippen LogP contribution in [0.15, 0.2) is 18.2 Å². The number of hydrogen-bond donors (Lipinski definition) is 1. The molecule has 1 aliphatic heterocycles. The van der Waals surface area contributed by atoms with Gasteiger partial charge in [-0.1, -0.05) is 0 Å². The molecule has 2 rings (SSSR count). The number of carboxylic acids is 1. The molecule has 1 saturated heterocycles. The number of ether oxygens (including phenoxy) is 1. The van der Waals surface area contributed by atoms with Gasteiger partial charge < -0.3 is 19.6 Å². The van der Waals surface area contributed by atoms with Gasteiger partial charge in [0.1, 0.15) is 12.3 Å². The van der Waals surface area contributed by atoms with Crippen molar-refractivity contribution < 1.29 is 33.0 Å². The minimum absolute atomic E-state index is 0.0525. The normalized spacial score (nSPS) is 18.1. The van der Waals surface area contributed by atoms with Gasteiger partial charge in [-0.15, -0.1) is 0 Å². The molecule has 0 radical (unpaired) electrons. The van der Waals surface area contributed by atoms with Crippen molar-refractivity contribution in [1.82, 2.24) is 9.80 Å². The van der Waals surface area contributed by atoms with Gasteiger partial charge in [-0.05, 0) is 38.3 Å². The predicted octanol–water partition coefficient (Wildman–Crippen LogP) is 2.05. The quantitative estimate of drug-likeness (QED) is 0.793. The van der Waals surface area contributed by atoms with Crippen molar-refractivity contribution in [3.8, 4) is 5.75 Å². The SMILES string of the molecule is CC(=O)N(CC(=O)O)C1CCCN(C(=O)C(C)Oc2ccc(F)c(F)c2)CC1. The van der Waals surface area contributed by atoms with E-state index in [1.54, 1.807) is 4.90 Å². The number of amides is 2. The van der Waals surface area contributed by atoms with E-state index in [9.17, 15) is 23.2 Å². The topological polar surface area (TPSA) is 87.2 Å². The number of benzene rings is 1. The van der Waals surface area contributed by atoms with Crippen LogP contribution in [0.5, 0.6) is 5.75 Å². The van der Waals surface area contributed by atoms with Crippen LogP contribution in [-0.2, 0) is 14.4 Å². The molecule has 7 nitrogen and oxygen atoms in total. The molecule has 1 N–H and O–H groups in total. The van der Waals surface area contributed by atoms with Crippen molar-refractivity contribution in [3.63, 3.8) is 0 Å². The Labute approximate surface area is 161 Å². The molecular weight excluding hydrogens is 374 g/mol. The molecule has 154 valence electrons. The molecule has 0 aromatic heterocycles. The zero-order valence-electron chi connectivity index (χ0n) is 15.9. The largest absolute Gasteiger partial charge is 0.481 e. The first-order valence-electron chi connectivity index (χ1n) is 9.08. The summed E-state index contributed by atoms with van der Waals surface area (Å²) in [5, 5.41) is 9.00. The van der Waals surface area contributed by atoms with Crippen LogP contribution >= 0.6 is 0 Å². The summed E-state index contributed by atoms with van der Waals surface area (Å²) in [6.45, 7) is 3.27. The Hall–Kier alpha value is -2.71. The summed E-state index contributed by atoms with van der Waals surface area (Å²) in [5.74, 6) is -3.71. The molecular formula is C19H24F2N2O5. The van der Waals surface area contributed by atoms with Gasteiger partial charge >= 0.3 is 5.97 Å². The monoisotopic (exact) mass is 398 g/mol. The van der Waals surface area contributed by atoms with E-state index < -0.39 is 23.7 Å². The lowest BCUT2D eigenvalue weighted by molar-refractivity contribution is -0.145. The Morgan fingerprint density at radius 3 is 2.57 bits per heavy atom. The number of likely N-dealkylation sites (tertiary alicyclic amines) is 1. The molecule has 0 spiro atoms. The number of aliphatic carboxylic acids is 1. The zero-order valence-corrected chi connectivity index (χ0v) is 15.9. The second-order valence-corrected chi connectivity index (χ2v) is 6.79. The van der Waals surface area contributed by atoms with Crippen LogP contribution in [-0.4, -0.2) is 64.5 Å². The van der Waals surface area contributed by atoms with Crippen LogP contribution in [0.1, 0.15) is 33.1 Å². The van der Waals surface area contributed by atoms with Gasteiger partial charge in [0.25, 0.3) is 5.91 Å². The van der Waals surface area contributed by atoms with Crippen LogP contribution in [0.2, 0.25) is 0 Å². The number of nitrogens with zero attached hydrogens (tertiary/aromatic N) is 2. The zero-order chi connectivity index (χ0) is 20.8. The summed E-state index contributed by atoms with van der Waals surface area (Å²) >= 11 is 0. The minimum Gasteiger partial charge on any atom is -0.481 e. The molecule has 28 heavy (non-hydrogen) atoms. The average molecular weight is 398 g/mol. The Kier molecular flexibility index (Phi) is 7.31. The van der Waals surface area contributed by atoms with Gasteiger partial charge in [-0.2, -0.15) is 0 Å². The first-order chi connectivity index (χ1) is 13.2. The molecule has 2 unspecified atom stereocenters. The summed E-state index contributed by atoms with van der Waals surface area (Å²) in [5.41, 5.74) is 0. The van der Waals surface area contributed by atoms with Crippen molar-refractivity contribution in [3.05, 3.63) is 29.8 Å². The first-order valence-corrected chi connectivity index (χ1v) is 9.08. The lowest BCUT2D eigenvalue weighted by Gasteiger charge is -2.29. The highest BCUT2D eigenvalue weighted by atomic mass is 19.2. The summed E-state index contributed by atoms with van der Waals surface area (Å²) in [6, 6.07) is 2.80. The molecule has 0 bridgehead atoms. The Morgan fingerprint density at radius 1 is 1.25 bits per heavy atom. The van der Waals surface area contributed by atoms with Gasteiger partial charge in [0.05, 0.1) is 0 Å².